The number of hydrogen-bond donors (Lipinski definition) is 2. The van der Waals surface area contributed by atoms with E-state index < -0.39 is 10.0 Å². The normalized spacial score (nSPS) is 11.1. The Bertz CT molecular complexity index is 596. The predicted molar refractivity (Wildman–Crippen MR) is 60.9 cm³/mol. The Kier molecular flexibility index (Phi) is 2.92. The molecule has 1 heterocycles. The van der Waals surface area contributed by atoms with Crippen LogP contribution in [0.2, 0.25) is 0 Å². The van der Waals surface area contributed by atoms with Crippen molar-refractivity contribution in [3.05, 3.63) is 43.0 Å². The molecule has 0 fully saturated rings. The molecule has 2 aromatic rings. The Morgan fingerprint density at radius 2 is 1.65 bits per heavy atom. The SMILES string of the molecule is O=S(=O)(Nc1cncnc1)c1ccc(O)cc1. The number of phenols is 1. The maximum Gasteiger partial charge on any atom is 0.261 e. The smallest absolute Gasteiger partial charge is 0.261 e. The summed E-state index contributed by atoms with van der Waals surface area (Å²) in [6, 6.07) is 5.22. The summed E-state index contributed by atoms with van der Waals surface area (Å²) in [7, 11) is -3.67. The number of sulfonamides is 1. The Balaban J connectivity index is 2.29. The first-order chi connectivity index (χ1) is 8.08. The third-order valence-corrected chi connectivity index (χ3v) is 3.36. The Labute approximate surface area is 98.0 Å². The van der Waals surface area contributed by atoms with Gasteiger partial charge in [-0.2, -0.15) is 0 Å². The van der Waals surface area contributed by atoms with Crippen molar-refractivity contribution in [1.82, 2.24) is 9.97 Å². The van der Waals surface area contributed by atoms with Crippen LogP contribution in [0.3, 0.4) is 0 Å². The molecule has 17 heavy (non-hydrogen) atoms. The summed E-state index contributed by atoms with van der Waals surface area (Å²) in [6.45, 7) is 0. The molecule has 0 aliphatic heterocycles. The largest absolute Gasteiger partial charge is 0.508 e. The van der Waals surface area contributed by atoms with Gasteiger partial charge in [-0.25, -0.2) is 18.4 Å². The zero-order chi connectivity index (χ0) is 12.3. The van der Waals surface area contributed by atoms with Crippen LogP contribution < -0.4 is 4.72 Å². The van der Waals surface area contributed by atoms with E-state index in [0.29, 0.717) is 0 Å². The molecular weight excluding hydrogens is 242 g/mol. The standard InChI is InChI=1S/C10H9N3O3S/c14-9-1-3-10(4-2-9)17(15,16)13-8-5-11-7-12-6-8/h1-7,13-14H. The molecule has 0 radical (unpaired) electrons. The predicted octanol–water partition coefficient (Wildman–Crippen LogP) is 0.983. The average Bonchev–Trinajstić information content (AvgIpc) is 2.30. The molecule has 2 N–H and O–H groups in total. The van der Waals surface area contributed by atoms with Crippen molar-refractivity contribution in [1.29, 1.82) is 0 Å². The molecule has 0 saturated carbocycles. The lowest BCUT2D eigenvalue weighted by molar-refractivity contribution is 0.475. The number of aromatic nitrogens is 2. The van der Waals surface area contributed by atoms with Crippen molar-refractivity contribution in [3.8, 4) is 5.75 Å². The van der Waals surface area contributed by atoms with Gasteiger partial charge in [-0.1, -0.05) is 0 Å². The summed E-state index contributed by atoms with van der Waals surface area (Å²) in [5.41, 5.74) is 0.278. The Morgan fingerprint density at radius 1 is 1.06 bits per heavy atom. The maximum absolute atomic E-state index is 11.9. The van der Waals surface area contributed by atoms with Crippen LogP contribution >= 0.6 is 0 Å². The molecular formula is C10H9N3O3S. The van der Waals surface area contributed by atoms with Gasteiger partial charge in [0.15, 0.2) is 0 Å². The van der Waals surface area contributed by atoms with Crippen LogP contribution in [0.4, 0.5) is 5.69 Å². The van der Waals surface area contributed by atoms with Gasteiger partial charge in [0.05, 0.1) is 23.0 Å². The minimum Gasteiger partial charge on any atom is -0.508 e. The summed E-state index contributed by atoms with van der Waals surface area (Å²) in [4.78, 5) is 7.45. The summed E-state index contributed by atoms with van der Waals surface area (Å²) >= 11 is 0. The van der Waals surface area contributed by atoms with E-state index in [1.54, 1.807) is 0 Å². The van der Waals surface area contributed by atoms with E-state index in [2.05, 4.69) is 14.7 Å². The van der Waals surface area contributed by atoms with Crippen LogP contribution in [0.5, 0.6) is 5.75 Å². The summed E-state index contributed by atoms with van der Waals surface area (Å²) in [5.74, 6) is 0.00648. The molecule has 0 aliphatic carbocycles. The van der Waals surface area contributed by atoms with Gasteiger partial charge in [-0.3, -0.25) is 4.72 Å². The number of benzene rings is 1. The van der Waals surface area contributed by atoms with Crippen molar-refractivity contribution >= 4 is 15.7 Å². The van der Waals surface area contributed by atoms with Crippen LogP contribution in [0.15, 0.2) is 47.9 Å². The lowest BCUT2D eigenvalue weighted by Gasteiger charge is -2.06. The van der Waals surface area contributed by atoms with Crippen LogP contribution in [-0.2, 0) is 10.0 Å². The van der Waals surface area contributed by atoms with Crippen LogP contribution in [0.1, 0.15) is 0 Å². The van der Waals surface area contributed by atoms with Crippen molar-refractivity contribution in [2.24, 2.45) is 0 Å². The highest BCUT2D eigenvalue weighted by Gasteiger charge is 2.13. The molecule has 0 amide bonds. The second-order valence-electron chi connectivity index (χ2n) is 3.23. The Morgan fingerprint density at radius 3 is 2.24 bits per heavy atom. The molecule has 88 valence electrons. The number of nitrogens with one attached hydrogen (secondary N) is 1. The number of anilines is 1. The number of nitrogens with zero attached hydrogens (tertiary/aromatic N) is 2. The molecule has 0 spiro atoms. The van der Waals surface area contributed by atoms with Gasteiger partial charge in [-0.15, -0.1) is 0 Å². The van der Waals surface area contributed by atoms with Gasteiger partial charge >= 0.3 is 0 Å². The van der Waals surface area contributed by atoms with E-state index in [1.807, 2.05) is 0 Å². The second kappa shape index (κ2) is 4.38. The second-order valence-corrected chi connectivity index (χ2v) is 4.91. The first-order valence-electron chi connectivity index (χ1n) is 4.65. The fourth-order valence-corrected chi connectivity index (χ4v) is 2.22. The summed E-state index contributed by atoms with van der Waals surface area (Å²) in [5, 5.41) is 9.08. The fraction of sp³-hybridized carbons (Fsp3) is 0. The number of aromatic hydroxyl groups is 1. The fourth-order valence-electron chi connectivity index (χ4n) is 1.19. The first-order valence-corrected chi connectivity index (χ1v) is 6.13. The van der Waals surface area contributed by atoms with Gasteiger partial charge in [0.25, 0.3) is 10.0 Å². The van der Waals surface area contributed by atoms with Crippen molar-refractivity contribution in [3.63, 3.8) is 0 Å². The minimum absolute atomic E-state index is 0.00648. The van der Waals surface area contributed by atoms with Crippen LogP contribution in [0.25, 0.3) is 0 Å². The topological polar surface area (TPSA) is 92.2 Å². The lowest BCUT2D eigenvalue weighted by atomic mass is 10.3. The molecule has 1 aromatic heterocycles. The molecule has 6 nitrogen and oxygen atoms in total. The van der Waals surface area contributed by atoms with Gasteiger partial charge in [0, 0.05) is 0 Å². The highest BCUT2D eigenvalue weighted by atomic mass is 32.2. The third kappa shape index (κ3) is 2.70. The third-order valence-electron chi connectivity index (χ3n) is 1.96. The molecule has 0 unspecified atom stereocenters. The minimum atomic E-state index is -3.67. The van der Waals surface area contributed by atoms with E-state index >= 15 is 0 Å². The number of hydrogen-bond acceptors (Lipinski definition) is 5. The molecule has 0 bridgehead atoms. The van der Waals surface area contributed by atoms with E-state index in [9.17, 15) is 8.42 Å². The molecule has 7 heteroatoms. The molecule has 2 rings (SSSR count). The quantitative estimate of drug-likeness (QED) is 0.848. The highest BCUT2D eigenvalue weighted by Crippen LogP contribution is 2.17. The lowest BCUT2D eigenvalue weighted by Crippen LogP contribution is -2.13. The highest BCUT2D eigenvalue weighted by molar-refractivity contribution is 7.92. The van der Waals surface area contributed by atoms with Crippen molar-refractivity contribution in [2.45, 2.75) is 4.90 Å². The summed E-state index contributed by atoms with van der Waals surface area (Å²) < 4.78 is 26.0. The zero-order valence-electron chi connectivity index (χ0n) is 8.61. The number of rotatable bonds is 3. The van der Waals surface area contributed by atoms with Crippen molar-refractivity contribution in [2.75, 3.05) is 4.72 Å². The van der Waals surface area contributed by atoms with E-state index in [0.717, 1.165) is 0 Å². The average molecular weight is 251 g/mol. The summed E-state index contributed by atoms with van der Waals surface area (Å²) in [6.07, 6.45) is 4.01. The van der Waals surface area contributed by atoms with Gasteiger partial charge in [0.2, 0.25) is 0 Å². The van der Waals surface area contributed by atoms with E-state index in [-0.39, 0.29) is 16.3 Å². The van der Waals surface area contributed by atoms with E-state index in [1.165, 1.54) is 43.0 Å². The zero-order valence-corrected chi connectivity index (χ0v) is 9.42. The van der Waals surface area contributed by atoms with Gasteiger partial charge in [-0.05, 0) is 24.3 Å². The monoisotopic (exact) mass is 251 g/mol. The molecule has 0 aliphatic rings. The van der Waals surface area contributed by atoms with Gasteiger partial charge in [0.1, 0.15) is 12.1 Å². The Hall–Kier alpha value is -2.15. The van der Waals surface area contributed by atoms with Gasteiger partial charge < -0.3 is 5.11 Å². The molecule has 1 aromatic carbocycles. The maximum atomic E-state index is 11.9. The first kappa shape index (κ1) is 11.3. The van der Waals surface area contributed by atoms with Crippen LogP contribution in [-0.4, -0.2) is 23.5 Å². The molecule has 0 saturated heterocycles. The van der Waals surface area contributed by atoms with Crippen LogP contribution in [0, 0.1) is 0 Å². The number of phenolic OH excluding ortho intramolecular Hbond substituents is 1. The van der Waals surface area contributed by atoms with Crippen molar-refractivity contribution < 1.29 is 13.5 Å². The molecule has 0 atom stereocenters. The van der Waals surface area contributed by atoms with E-state index in [4.69, 9.17) is 5.11 Å².